The second-order valence-corrected chi connectivity index (χ2v) is 6.84. The van der Waals surface area contributed by atoms with Gasteiger partial charge >= 0.3 is 0 Å². The fourth-order valence-electron chi connectivity index (χ4n) is 2.93. The van der Waals surface area contributed by atoms with Crippen molar-refractivity contribution in [3.05, 3.63) is 88.5 Å². The number of imidazole rings is 1. The fraction of sp³-hybridized carbons (Fsp3) is 0.273. The van der Waals surface area contributed by atoms with Crippen LogP contribution in [0.1, 0.15) is 51.4 Å². The Hall–Kier alpha value is -2.88. The van der Waals surface area contributed by atoms with Gasteiger partial charge in [0.2, 0.25) is 0 Å². The molecule has 0 spiro atoms. The maximum Gasteiger partial charge on any atom is 0.251 e. The topological polar surface area (TPSA) is 46.9 Å². The van der Waals surface area contributed by atoms with Crippen LogP contribution in [-0.2, 0) is 6.54 Å². The summed E-state index contributed by atoms with van der Waals surface area (Å²) in [5.74, 6) is 0.926. The third kappa shape index (κ3) is 4.02. The van der Waals surface area contributed by atoms with Gasteiger partial charge < -0.3 is 9.88 Å². The third-order valence-corrected chi connectivity index (χ3v) is 4.87. The third-order valence-electron chi connectivity index (χ3n) is 4.87. The van der Waals surface area contributed by atoms with Crippen LogP contribution in [0.15, 0.2) is 54.9 Å². The van der Waals surface area contributed by atoms with Crippen molar-refractivity contribution in [2.45, 2.75) is 40.3 Å². The largest absolute Gasteiger partial charge is 0.346 e. The van der Waals surface area contributed by atoms with Crippen molar-refractivity contribution in [1.82, 2.24) is 14.9 Å². The molecule has 1 unspecified atom stereocenters. The number of benzene rings is 2. The SMILES string of the molecule is Cc1ccc(C(C)NC(=O)c2ccc(Cn3ccnc3C)cc2)cc1C. The molecule has 3 aromatic rings. The van der Waals surface area contributed by atoms with Gasteiger partial charge in [0, 0.05) is 24.5 Å². The van der Waals surface area contributed by atoms with Crippen LogP contribution >= 0.6 is 0 Å². The summed E-state index contributed by atoms with van der Waals surface area (Å²) in [5.41, 5.74) is 5.43. The predicted molar refractivity (Wildman–Crippen MR) is 104 cm³/mol. The van der Waals surface area contributed by atoms with E-state index in [9.17, 15) is 4.79 Å². The van der Waals surface area contributed by atoms with Crippen molar-refractivity contribution in [2.24, 2.45) is 0 Å². The molecule has 0 radical (unpaired) electrons. The van der Waals surface area contributed by atoms with E-state index in [4.69, 9.17) is 0 Å². The molecule has 0 aliphatic rings. The highest BCUT2D eigenvalue weighted by Crippen LogP contribution is 2.17. The van der Waals surface area contributed by atoms with E-state index in [0.717, 1.165) is 23.5 Å². The molecule has 2 aromatic carbocycles. The number of rotatable bonds is 5. The number of carbonyl (C=O) groups is 1. The van der Waals surface area contributed by atoms with Crippen molar-refractivity contribution in [3.63, 3.8) is 0 Å². The van der Waals surface area contributed by atoms with Crippen LogP contribution < -0.4 is 5.32 Å². The molecule has 1 heterocycles. The quantitative estimate of drug-likeness (QED) is 0.746. The Balaban J connectivity index is 1.66. The molecule has 0 bridgehead atoms. The van der Waals surface area contributed by atoms with Gasteiger partial charge in [-0.25, -0.2) is 4.98 Å². The van der Waals surface area contributed by atoms with Gasteiger partial charge in [0.25, 0.3) is 5.91 Å². The molecular formula is C22H25N3O. The molecule has 26 heavy (non-hydrogen) atoms. The van der Waals surface area contributed by atoms with E-state index in [-0.39, 0.29) is 11.9 Å². The number of carbonyl (C=O) groups excluding carboxylic acids is 1. The molecule has 134 valence electrons. The lowest BCUT2D eigenvalue weighted by Gasteiger charge is -2.16. The van der Waals surface area contributed by atoms with E-state index >= 15 is 0 Å². The van der Waals surface area contributed by atoms with Gasteiger partial charge in [-0.1, -0.05) is 30.3 Å². The van der Waals surface area contributed by atoms with Crippen LogP contribution in [-0.4, -0.2) is 15.5 Å². The normalized spacial score (nSPS) is 12.0. The van der Waals surface area contributed by atoms with Gasteiger partial charge in [-0.3, -0.25) is 4.79 Å². The lowest BCUT2D eigenvalue weighted by molar-refractivity contribution is 0.0940. The molecule has 0 saturated heterocycles. The number of aryl methyl sites for hydroxylation is 3. The van der Waals surface area contributed by atoms with E-state index in [1.807, 2.05) is 44.3 Å². The Morgan fingerprint density at radius 2 is 1.81 bits per heavy atom. The van der Waals surface area contributed by atoms with E-state index < -0.39 is 0 Å². The first-order valence-corrected chi connectivity index (χ1v) is 8.88. The second kappa shape index (κ2) is 7.56. The molecule has 0 saturated carbocycles. The summed E-state index contributed by atoms with van der Waals surface area (Å²) in [5, 5.41) is 3.08. The summed E-state index contributed by atoms with van der Waals surface area (Å²) in [6.45, 7) is 8.93. The van der Waals surface area contributed by atoms with Gasteiger partial charge in [-0.2, -0.15) is 0 Å². The van der Waals surface area contributed by atoms with Gasteiger partial charge in [0.15, 0.2) is 0 Å². The van der Waals surface area contributed by atoms with Crippen molar-refractivity contribution >= 4 is 5.91 Å². The molecule has 1 atom stereocenters. The Labute approximate surface area is 154 Å². The zero-order chi connectivity index (χ0) is 18.7. The van der Waals surface area contributed by atoms with E-state index in [1.165, 1.54) is 11.1 Å². The summed E-state index contributed by atoms with van der Waals surface area (Å²) < 4.78 is 2.08. The highest BCUT2D eigenvalue weighted by Gasteiger charge is 2.12. The first kappa shape index (κ1) is 17.9. The minimum absolute atomic E-state index is 0.0323. The highest BCUT2D eigenvalue weighted by molar-refractivity contribution is 5.94. The summed E-state index contributed by atoms with van der Waals surface area (Å²) in [4.78, 5) is 16.8. The van der Waals surface area contributed by atoms with Crippen LogP contribution in [0.2, 0.25) is 0 Å². The zero-order valence-corrected chi connectivity index (χ0v) is 15.8. The van der Waals surface area contributed by atoms with Gasteiger partial charge in [-0.15, -0.1) is 0 Å². The number of nitrogens with one attached hydrogen (secondary N) is 1. The average Bonchev–Trinajstić information content (AvgIpc) is 3.02. The maximum atomic E-state index is 12.5. The Kier molecular flexibility index (Phi) is 5.21. The molecule has 0 aliphatic carbocycles. The van der Waals surface area contributed by atoms with Crippen LogP contribution in [0.3, 0.4) is 0 Å². The monoisotopic (exact) mass is 347 g/mol. The fourth-order valence-corrected chi connectivity index (χ4v) is 2.93. The molecular weight excluding hydrogens is 322 g/mol. The molecule has 1 aromatic heterocycles. The minimum Gasteiger partial charge on any atom is -0.346 e. The molecule has 1 amide bonds. The Morgan fingerprint density at radius 1 is 1.08 bits per heavy atom. The number of hydrogen-bond donors (Lipinski definition) is 1. The summed E-state index contributed by atoms with van der Waals surface area (Å²) in [6, 6.07) is 14.0. The summed E-state index contributed by atoms with van der Waals surface area (Å²) in [7, 11) is 0. The van der Waals surface area contributed by atoms with Crippen molar-refractivity contribution in [1.29, 1.82) is 0 Å². The van der Waals surface area contributed by atoms with Crippen molar-refractivity contribution in [2.75, 3.05) is 0 Å². The van der Waals surface area contributed by atoms with Gasteiger partial charge in [0.05, 0.1) is 6.04 Å². The van der Waals surface area contributed by atoms with E-state index in [0.29, 0.717) is 5.56 Å². The molecule has 0 fully saturated rings. The van der Waals surface area contributed by atoms with Crippen LogP contribution in [0.25, 0.3) is 0 Å². The van der Waals surface area contributed by atoms with Gasteiger partial charge in [0.1, 0.15) is 5.82 Å². The zero-order valence-electron chi connectivity index (χ0n) is 15.8. The number of hydrogen-bond acceptors (Lipinski definition) is 2. The standard InChI is InChI=1S/C22H25N3O/c1-15-5-8-21(13-16(15)2)17(3)24-22(26)20-9-6-19(7-10-20)14-25-12-11-23-18(25)4/h5-13,17H,14H2,1-4H3,(H,24,26). The molecule has 0 aliphatic heterocycles. The predicted octanol–water partition coefficient (Wildman–Crippen LogP) is 4.35. The van der Waals surface area contributed by atoms with E-state index in [2.05, 4.69) is 46.9 Å². The Bertz CT molecular complexity index is 909. The highest BCUT2D eigenvalue weighted by atomic mass is 16.1. The second-order valence-electron chi connectivity index (χ2n) is 6.84. The van der Waals surface area contributed by atoms with Crippen LogP contribution in [0.4, 0.5) is 0 Å². The molecule has 1 N–H and O–H groups in total. The minimum atomic E-state index is -0.0545. The lowest BCUT2D eigenvalue weighted by Crippen LogP contribution is -2.26. The smallest absolute Gasteiger partial charge is 0.251 e. The average molecular weight is 347 g/mol. The van der Waals surface area contributed by atoms with E-state index in [1.54, 1.807) is 6.20 Å². The first-order chi connectivity index (χ1) is 12.4. The molecule has 3 rings (SSSR count). The Morgan fingerprint density at radius 3 is 2.42 bits per heavy atom. The number of amides is 1. The lowest BCUT2D eigenvalue weighted by atomic mass is 10.0. The number of aromatic nitrogens is 2. The van der Waals surface area contributed by atoms with Crippen LogP contribution in [0, 0.1) is 20.8 Å². The van der Waals surface area contributed by atoms with Crippen molar-refractivity contribution < 1.29 is 4.79 Å². The first-order valence-electron chi connectivity index (χ1n) is 8.88. The van der Waals surface area contributed by atoms with Crippen molar-refractivity contribution in [3.8, 4) is 0 Å². The number of nitrogens with zero attached hydrogens (tertiary/aromatic N) is 2. The van der Waals surface area contributed by atoms with Gasteiger partial charge in [-0.05, 0) is 62.1 Å². The van der Waals surface area contributed by atoms with Crippen LogP contribution in [0.5, 0.6) is 0 Å². The maximum absolute atomic E-state index is 12.5. The summed E-state index contributed by atoms with van der Waals surface area (Å²) >= 11 is 0. The summed E-state index contributed by atoms with van der Waals surface area (Å²) in [6.07, 6.45) is 3.76. The molecule has 4 heteroatoms. The molecule has 4 nitrogen and oxygen atoms in total.